The van der Waals surface area contributed by atoms with Crippen molar-refractivity contribution in [2.24, 2.45) is 0 Å². The van der Waals surface area contributed by atoms with Crippen molar-refractivity contribution < 1.29 is 52.7 Å². The van der Waals surface area contributed by atoms with Crippen LogP contribution in [0.3, 0.4) is 0 Å². The third-order valence-electron chi connectivity index (χ3n) is 5.24. The van der Waals surface area contributed by atoms with Gasteiger partial charge in [0.1, 0.15) is 22.4 Å². The molecule has 4 rings (SSSR count). The van der Waals surface area contributed by atoms with E-state index in [-0.39, 0.29) is 11.4 Å². The van der Waals surface area contributed by atoms with E-state index in [9.17, 15) is 43.2 Å². The molecule has 2 N–H and O–H groups in total. The molecule has 9 nitrogen and oxygen atoms in total. The summed E-state index contributed by atoms with van der Waals surface area (Å²) >= 11 is 1.06. The number of hydrogen-bond donors (Lipinski definition) is 2. The summed E-state index contributed by atoms with van der Waals surface area (Å²) in [5, 5.41) is 9.12. The molecule has 0 radical (unpaired) electrons. The van der Waals surface area contributed by atoms with Crippen LogP contribution in [0, 0.1) is 11.3 Å². The molecule has 1 heterocycles. The van der Waals surface area contributed by atoms with Crippen LogP contribution in [0.4, 0.5) is 37.7 Å². The van der Waals surface area contributed by atoms with Crippen LogP contribution in [0.2, 0.25) is 0 Å². The summed E-state index contributed by atoms with van der Waals surface area (Å²) in [6, 6.07) is 15.3. The molecule has 0 aliphatic carbocycles. The highest BCUT2D eigenvalue weighted by molar-refractivity contribution is 7.93. The fraction of sp³-hybridized carbons (Fsp3) is 0.0800. The Morgan fingerprint density at radius 2 is 1.12 bits per heavy atom. The number of thiophene rings is 1. The zero-order chi connectivity index (χ0) is 31.6. The lowest BCUT2D eigenvalue weighted by molar-refractivity contribution is -0.275. The Morgan fingerprint density at radius 1 is 0.651 bits per heavy atom. The molecule has 0 bridgehead atoms. The number of nitriles is 1. The monoisotopic (exact) mass is 663 g/mol. The predicted molar refractivity (Wildman–Crippen MR) is 142 cm³/mol. The van der Waals surface area contributed by atoms with Crippen molar-refractivity contribution in [1.82, 2.24) is 0 Å². The Bertz CT molecular complexity index is 1880. The fourth-order valence-electron chi connectivity index (χ4n) is 3.47. The standard InChI is InChI=1S/C25H15F6N3O6S3/c26-24(27,28)39-16-2-7-19(8-3-16)42(35,36)33-21-11-1-15(23-12-6-18(14-32)41-23)13-22(21)34-43(37,38)20-9-4-17(5-10-20)40-25(29,30)31/h1-13,33-34H. The van der Waals surface area contributed by atoms with Gasteiger partial charge >= 0.3 is 12.7 Å². The van der Waals surface area contributed by atoms with Gasteiger partial charge in [0.25, 0.3) is 20.0 Å². The molecule has 0 saturated heterocycles. The molecule has 0 aliphatic heterocycles. The number of benzene rings is 3. The van der Waals surface area contributed by atoms with E-state index in [1.54, 1.807) is 6.07 Å². The van der Waals surface area contributed by atoms with Gasteiger partial charge in [-0.1, -0.05) is 6.07 Å². The third-order valence-corrected chi connectivity index (χ3v) is 9.05. The van der Waals surface area contributed by atoms with E-state index in [2.05, 4.69) is 18.9 Å². The summed E-state index contributed by atoms with van der Waals surface area (Å²) in [6.45, 7) is 0. The molecule has 0 saturated carbocycles. The molecule has 0 amide bonds. The van der Waals surface area contributed by atoms with Crippen LogP contribution >= 0.6 is 11.3 Å². The molecule has 0 unspecified atom stereocenters. The molecular formula is C25H15F6N3O6S3. The Balaban J connectivity index is 1.69. The maximum absolute atomic E-state index is 13.1. The number of rotatable bonds is 9. The van der Waals surface area contributed by atoms with Gasteiger partial charge in [-0.3, -0.25) is 9.44 Å². The summed E-state index contributed by atoms with van der Waals surface area (Å²) < 4.78 is 139. The van der Waals surface area contributed by atoms with E-state index in [0.29, 0.717) is 15.3 Å². The van der Waals surface area contributed by atoms with Gasteiger partial charge in [-0.2, -0.15) is 5.26 Å². The van der Waals surface area contributed by atoms with Crippen molar-refractivity contribution in [1.29, 1.82) is 5.26 Å². The van der Waals surface area contributed by atoms with Gasteiger partial charge in [-0.25, -0.2) is 16.8 Å². The summed E-state index contributed by atoms with van der Waals surface area (Å²) in [5.41, 5.74) is -0.257. The van der Waals surface area contributed by atoms with Crippen molar-refractivity contribution in [3.63, 3.8) is 0 Å². The largest absolute Gasteiger partial charge is 0.573 e. The predicted octanol–water partition coefficient (Wildman–Crippen LogP) is 6.69. The highest BCUT2D eigenvalue weighted by atomic mass is 32.2. The van der Waals surface area contributed by atoms with Crippen molar-refractivity contribution in [3.05, 3.63) is 83.7 Å². The average molecular weight is 664 g/mol. The van der Waals surface area contributed by atoms with E-state index >= 15 is 0 Å². The molecule has 0 aliphatic rings. The number of anilines is 2. The molecule has 43 heavy (non-hydrogen) atoms. The van der Waals surface area contributed by atoms with Crippen molar-refractivity contribution in [2.45, 2.75) is 22.5 Å². The second-order valence-corrected chi connectivity index (χ2v) is 12.7. The van der Waals surface area contributed by atoms with Crippen molar-refractivity contribution in [2.75, 3.05) is 9.44 Å². The van der Waals surface area contributed by atoms with Crippen LogP contribution in [0.5, 0.6) is 11.5 Å². The first kappa shape index (κ1) is 31.5. The van der Waals surface area contributed by atoms with E-state index in [4.69, 9.17) is 5.26 Å². The SMILES string of the molecule is N#Cc1ccc(-c2ccc(NS(=O)(=O)c3ccc(OC(F)(F)F)cc3)c(NS(=O)(=O)c3ccc(OC(F)(F)F)cc3)c2)s1. The first-order valence-corrected chi connectivity index (χ1v) is 15.1. The van der Waals surface area contributed by atoms with Gasteiger partial charge < -0.3 is 9.47 Å². The van der Waals surface area contributed by atoms with Gasteiger partial charge in [0.2, 0.25) is 0 Å². The molecule has 18 heteroatoms. The first-order valence-electron chi connectivity index (χ1n) is 11.4. The maximum Gasteiger partial charge on any atom is 0.573 e. The molecule has 3 aromatic carbocycles. The number of sulfonamides is 2. The third kappa shape index (κ3) is 8.30. The molecule has 226 valence electrons. The summed E-state index contributed by atoms with van der Waals surface area (Å²) in [5.74, 6) is -1.36. The van der Waals surface area contributed by atoms with Crippen LogP contribution in [0.1, 0.15) is 4.88 Å². The smallest absolute Gasteiger partial charge is 0.406 e. The van der Waals surface area contributed by atoms with Crippen LogP contribution in [0.25, 0.3) is 10.4 Å². The average Bonchev–Trinajstić information content (AvgIpc) is 3.38. The topological polar surface area (TPSA) is 135 Å². The minimum Gasteiger partial charge on any atom is -0.406 e. The highest BCUT2D eigenvalue weighted by Crippen LogP contribution is 2.36. The Morgan fingerprint density at radius 3 is 1.53 bits per heavy atom. The van der Waals surface area contributed by atoms with E-state index in [1.807, 2.05) is 6.07 Å². The Kier molecular flexibility index (Phi) is 8.53. The second kappa shape index (κ2) is 11.7. The molecule has 0 spiro atoms. The Hall–Kier alpha value is -4.47. The number of halogens is 6. The van der Waals surface area contributed by atoms with Crippen LogP contribution in [-0.4, -0.2) is 29.6 Å². The lowest BCUT2D eigenvalue weighted by Gasteiger charge is -2.16. The zero-order valence-corrected chi connectivity index (χ0v) is 23.3. The van der Waals surface area contributed by atoms with E-state index in [0.717, 1.165) is 59.9 Å². The number of hydrogen-bond acceptors (Lipinski definition) is 8. The lowest BCUT2D eigenvalue weighted by Crippen LogP contribution is -2.19. The lowest BCUT2D eigenvalue weighted by atomic mass is 10.1. The van der Waals surface area contributed by atoms with Gasteiger partial charge in [-0.05, 0) is 78.4 Å². The number of nitrogens with zero attached hydrogens (tertiary/aromatic N) is 1. The highest BCUT2D eigenvalue weighted by Gasteiger charge is 2.32. The van der Waals surface area contributed by atoms with Gasteiger partial charge in [0, 0.05) is 4.88 Å². The van der Waals surface area contributed by atoms with E-state index < -0.39 is 54.1 Å². The number of ether oxygens (including phenoxy) is 2. The summed E-state index contributed by atoms with van der Waals surface area (Å²) in [6.07, 6.45) is -10.0. The fourth-order valence-corrected chi connectivity index (χ4v) is 6.42. The zero-order valence-electron chi connectivity index (χ0n) is 20.9. The normalized spacial score (nSPS) is 12.3. The van der Waals surface area contributed by atoms with Crippen LogP contribution < -0.4 is 18.9 Å². The van der Waals surface area contributed by atoms with Crippen molar-refractivity contribution in [3.8, 4) is 28.0 Å². The Labute approximate surface area is 244 Å². The number of alkyl halides is 6. The van der Waals surface area contributed by atoms with Gasteiger partial charge in [0.15, 0.2) is 0 Å². The van der Waals surface area contributed by atoms with Crippen molar-refractivity contribution >= 4 is 42.8 Å². The molecule has 0 atom stereocenters. The molecular weight excluding hydrogens is 648 g/mol. The van der Waals surface area contributed by atoms with Gasteiger partial charge in [-0.15, -0.1) is 37.7 Å². The minimum atomic E-state index is -5.01. The van der Waals surface area contributed by atoms with E-state index in [1.165, 1.54) is 24.3 Å². The molecule has 1 aromatic heterocycles. The second-order valence-electron chi connectivity index (χ2n) is 8.29. The molecule has 0 fully saturated rings. The number of nitrogens with one attached hydrogen (secondary N) is 2. The molecule has 4 aromatic rings. The summed E-state index contributed by atoms with van der Waals surface area (Å²) in [4.78, 5) is -0.136. The van der Waals surface area contributed by atoms with Crippen LogP contribution in [0.15, 0.2) is 88.7 Å². The van der Waals surface area contributed by atoms with Crippen LogP contribution in [-0.2, 0) is 20.0 Å². The minimum absolute atomic E-state index is 0.308. The summed E-state index contributed by atoms with van der Waals surface area (Å²) in [7, 11) is -9.03. The quantitative estimate of drug-likeness (QED) is 0.191. The van der Waals surface area contributed by atoms with Gasteiger partial charge in [0.05, 0.1) is 21.2 Å². The maximum atomic E-state index is 13.1. The first-order chi connectivity index (χ1) is 19.9.